The van der Waals surface area contributed by atoms with Crippen LogP contribution in [0.3, 0.4) is 0 Å². The standard InChI is InChI=1S/C24H24N2O4/c27-23(18-29-20-11-5-2-6-12-20)26-15-16-28-21(17-30-22-13-7-8-14-25-22)24(26)19-9-3-1-4-10-19/h1-14,21,24H,15-18H2/t21-,24-/m0/s1. The fraction of sp³-hybridized carbons (Fsp3) is 0.250. The van der Waals surface area contributed by atoms with E-state index in [0.717, 1.165) is 5.56 Å². The molecule has 0 spiro atoms. The number of pyridine rings is 1. The predicted molar refractivity (Wildman–Crippen MR) is 112 cm³/mol. The van der Waals surface area contributed by atoms with Crippen molar-refractivity contribution in [2.75, 3.05) is 26.4 Å². The number of para-hydroxylation sites is 1. The van der Waals surface area contributed by atoms with E-state index in [0.29, 0.717) is 31.4 Å². The second-order valence-electron chi connectivity index (χ2n) is 6.93. The molecule has 1 aliphatic heterocycles. The summed E-state index contributed by atoms with van der Waals surface area (Å²) in [5, 5.41) is 0. The molecule has 1 saturated heterocycles. The van der Waals surface area contributed by atoms with Crippen molar-refractivity contribution >= 4 is 5.91 Å². The van der Waals surface area contributed by atoms with E-state index >= 15 is 0 Å². The predicted octanol–water partition coefficient (Wildman–Crippen LogP) is 3.51. The van der Waals surface area contributed by atoms with Crippen molar-refractivity contribution in [3.8, 4) is 11.6 Å². The molecule has 3 aromatic rings. The molecule has 2 atom stereocenters. The minimum atomic E-state index is -0.316. The molecule has 4 rings (SSSR count). The molecule has 0 aliphatic carbocycles. The molecule has 6 nitrogen and oxygen atoms in total. The van der Waals surface area contributed by atoms with Crippen LogP contribution < -0.4 is 9.47 Å². The van der Waals surface area contributed by atoms with Crippen LogP contribution in [0.5, 0.6) is 11.6 Å². The fourth-order valence-electron chi connectivity index (χ4n) is 3.54. The molecule has 1 amide bonds. The Kier molecular flexibility index (Phi) is 6.57. The number of amides is 1. The van der Waals surface area contributed by atoms with Gasteiger partial charge in [-0.15, -0.1) is 0 Å². The molecule has 1 aromatic heterocycles. The highest BCUT2D eigenvalue weighted by molar-refractivity contribution is 5.78. The molecule has 30 heavy (non-hydrogen) atoms. The second-order valence-corrected chi connectivity index (χ2v) is 6.93. The quantitative estimate of drug-likeness (QED) is 0.603. The fourth-order valence-corrected chi connectivity index (χ4v) is 3.54. The highest BCUT2D eigenvalue weighted by Crippen LogP contribution is 2.30. The van der Waals surface area contributed by atoms with Crippen molar-refractivity contribution in [3.05, 3.63) is 90.6 Å². The number of hydrogen-bond donors (Lipinski definition) is 0. The van der Waals surface area contributed by atoms with Gasteiger partial charge >= 0.3 is 0 Å². The first kappa shape index (κ1) is 19.9. The molecule has 1 aliphatic rings. The maximum Gasteiger partial charge on any atom is 0.261 e. The number of carbonyl (C=O) groups is 1. The summed E-state index contributed by atoms with van der Waals surface area (Å²) >= 11 is 0. The molecule has 2 aromatic carbocycles. The highest BCUT2D eigenvalue weighted by atomic mass is 16.5. The van der Waals surface area contributed by atoms with Gasteiger partial charge in [0, 0.05) is 18.8 Å². The Balaban J connectivity index is 1.49. The lowest BCUT2D eigenvalue weighted by molar-refractivity contribution is -0.151. The van der Waals surface area contributed by atoms with Gasteiger partial charge < -0.3 is 19.1 Å². The molecular weight excluding hydrogens is 380 g/mol. The lowest BCUT2D eigenvalue weighted by Crippen LogP contribution is -2.51. The average Bonchev–Trinajstić information content (AvgIpc) is 2.83. The molecule has 0 N–H and O–H groups in total. The van der Waals surface area contributed by atoms with Crippen LogP contribution >= 0.6 is 0 Å². The van der Waals surface area contributed by atoms with Gasteiger partial charge in [0.1, 0.15) is 18.5 Å². The summed E-state index contributed by atoms with van der Waals surface area (Å²) in [6, 6.07) is 24.5. The number of morpholine rings is 1. The minimum Gasteiger partial charge on any atom is -0.484 e. The second kappa shape index (κ2) is 9.89. The molecule has 2 heterocycles. The molecule has 0 radical (unpaired) electrons. The summed E-state index contributed by atoms with van der Waals surface area (Å²) in [4.78, 5) is 19.1. The maximum atomic E-state index is 13.1. The Morgan fingerprint density at radius 3 is 2.43 bits per heavy atom. The number of hydrogen-bond acceptors (Lipinski definition) is 5. The average molecular weight is 404 g/mol. The van der Waals surface area contributed by atoms with Gasteiger partial charge in [-0.05, 0) is 23.8 Å². The first-order chi connectivity index (χ1) is 14.8. The maximum absolute atomic E-state index is 13.1. The molecule has 0 bridgehead atoms. The zero-order valence-corrected chi connectivity index (χ0v) is 16.6. The molecule has 154 valence electrons. The van der Waals surface area contributed by atoms with Crippen LogP contribution in [0.2, 0.25) is 0 Å². The van der Waals surface area contributed by atoms with Gasteiger partial charge in [-0.2, -0.15) is 0 Å². The van der Waals surface area contributed by atoms with Gasteiger partial charge in [-0.3, -0.25) is 4.79 Å². The van der Waals surface area contributed by atoms with Crippen molar-refractivity contribution in [1.29, 1.82) is 0 Å². The first-order valence-corrected chi connectivity index (χ1v) is 9.99. The molecule has 0 saturated carbocycles. The molecule has 6 heteroatoms. The van der Waals surface area contributed by atoms with Crippen LogP contribution in [-0.2, 0) is 9.53 Å². The first-order valence-electron chi connectivity index (χ1n) is 9.99. The third-order valence-electron chi connectivity index (χ3n) is 4.95. The van der Waals surface area contributed by atoms with Gasteiger partial charge in [0.05, 0.1) is 12.6 Å². The monoisotopic (exact) mass is 404 g/mol. The number of aromatic nitrogens is 1. The van der Waals surface area contributed by atoms with Crippen molar-refractivity contribution < 1.29 is 19.0 Å². The van der Waals surface area contributed by atoms with Crippen LogP contribution in [0.1, 0.15) is 11.6 Å². The zero-order valence-electron chi connectivity index (χ0n) is 16.6. The third kappa shape index (κ3) is 4.96. The lowest BCUT2D eigenvalue weighted by atomic mass is 9.98. The van der Waals surface area contributed by atoms with E-state index < -0.39 is 0 Å². The zero-order chi connectivity index (χ0) is 20.6. The summed E-state index contributed by atoms with van der Waals surface area (Å²) < 4.78 is 17.6. The van der Waals surface area contributed by atoms with Crippen LogP contribution in [0.25, 0.3) is 0 Å². The number of benzene rings is 2. The Labute approximate surface area is 176 Å². The van der Waals surface area contributed by atoms with E-state index in [1.54, 1.807) is 12.3 Å². The number of rotatable bonds is 7. The number of ether oxygens (including phenoxy) is 3. The smallest absolute Gasteiger partial charge is 0.261 e. The molecular formula is C24H24N2O4. The van der Waals surface area contributed by atoms with Crippen molar-refractivity contribution in [2.24, 2.45) is 0 Å². The van der Waals surface area contributed by atoms with E-state index in [-0.39, 0.29) is 24.7 Å². The van der Waals surface area contributed by atoms with E-state index in [2.05, 4.69) is 4.98 Å². The Bertz CT molecular complexity index is 922. The van der Waals surface area contributed by atoms with Crippen LogP contribution in [0.4, 0.5) is 0 Å². The highest BCUT2D eigenvalue weighted by Gasteiger charge is 2.37. The van der Waals surface area contributed by atoms with Gasteiger partial charge in [0.15, 0.2) is 6.61 Å². The Morgan fingerprint density at radius 2 is 1.70 bits per heavy atom. The summed E-state index contributed by atoms with van der Waals surface area (Å²) in [6.07, 6.45) is 1.37. The van der Waals surface area contributed by atoms with Gasteiger partial charge in [0.25, 0.3) is 5.91 Å². The van der Waals surface area contributed by atoms with Gasteiger partial charge in [-0.1, -0.05) is 54.6 Å². The van der Waals surface area contributed by atoms with Crippen molar-refractivity contribution in [3.63, 3.8) is 0 Å². The number of nitrogens with zero attached hydrogens (tertiary/aromatic N) is 2. The third-order valence-corrected chi connectivity index (χ3v) is 4.95. The van der Waals surface area contributed by atoms with E-state index in [1.165, 1.54) is 0 Å². The van der Waals surface area contributed by atoms with Gasteiger partial charge in [-0.25, -0.2) is 4.98 Å². The summed E-state index contributed by atoms with van der Waals surface area (Å²) in [6.45, 7) is 1.20. The van der Waals surface area contributed by atoms with E-state index in [9.17, 15) is 4.79 Å². The van der Waals surface area contributed by atoms with Gasteiger partial charge in [0.2, 0.25) is 5.88 Å². The van der Waals surface area contributed by atoms with Crippen LogP contribution in [-0.4, -0.2) is 48.3 Å². The summed E-state index contributed by atoms with van der Waals surface area (Å²) in [5.41, 5.74) is 1.000. The SMILES string of the molecule is O=C(COc1ccccc1)N1CCO[C@@H](COc2ccccn2)[C@@H]1c1ccccc1. The summed E-state index contributed by atoms with van der Waals surface area (Å²) in [7, 11) is 0. The normalized spacial score (nSPS) is 18.6. The molecule has 1 fully saturated rings. The van der Waals surface area contributed by atoms with Crippen LogP contribution in [0.15, 0.2) is 85.1 Å². The van der Waals surface area contributed by atoms with Crippen LogP contribution in [0, 0.1) is 0 Å². The Morgan fingerprint density at radius 1 is 0.967 bits per heavy atom. The van der Waals surface area contributed by atoms with E-state index in [4.69, 9.17) is 14.2 Å². The largest absolute Gasteiger partial charge is 0.484 e. The lowest BCUT2D eigenvalue weighted by Gasteiger charge is -2.41. The minimum absolute atomic E-state index is 0.0266. The summed E-state index contributed by atoms with van der Waals surface area (Å²) in [5.74, 6) is 1.12. The van der Waals surface area contributed by atoms with E-state index in [1.807, 2.05) is 77.7 Å². The topological polar surface area (TPSA) is 60.9 Å². The van der Waals surface area contributed by atoms with Crippen molar-refractivity contribution in [1.82, 2.24) is 9.88 Å². The van der Waals surface area contributed by atoms with Crippen molar-refractivity contribution in [2.45, 2.75) is 12.1 Å². The number of carbonyl (C=O) groups excluding carboxylic acids is 1. The Hall–Kier alpha value is -3.38. The molecule has 0 unspecified atom stereocenters.